The van der Waals surface area contributed by atoms with Crippen LogP contribution < -0.4 is 9.47 Å². The Kier molecular flexibility index (Phi) is 5.55. The van der Waals surface area contributed by atoms with Crippen molar-refractivity contribution in [2.45, 2.75) is 29.7 Å². The molecule has 0 unspecified atom stereocenters. The van der Waals surface area contributed by atoms with E-state index in [1.54, 1.807) is 30.8 Å². The van der Waals surface area contributed by atoms with Crippen molar-refractivity contribution >= 4 is 17.5 Å². The van der Waals surface area contributed by atoms with Crippen LogP contribution in [-0.4, -0.2) is 12.4 Å². The molecule has 4 nitrogen and oxygen atoms in total. The van der Waals surface area contributed by atoms with Gasteiger partial charge >= 0.3 is 0 Å². The highest BCUT2D eigenvalue weighted by Crippen LogP contribution is 2.38. The van der Waals surface area contributed by atoms with E-state index >= 15 is 0 Å². The van der Waals surface area contributed by atoms with E-state index < -0.39 is 0 Å². The fourth-order valence-electron chi connectivity index (χ4n) is 3.31. The van der Waals surface area contributed by atoms with Crippen LogP contribution >= 0.6 is 11.8 Å². The van der Waals surface area contributed by atoms with Gasteiger partial charge in [0.2, 0.25) is 0 Å². The molecule has 29 heavy (non-hydrogen) atoms. The maximum atomic E-state index is 11.8. The monoisotopic (exact) mass is 401 g/mol. The van der Waals surface area contributed by atoms with E-state index in [9.17, 15) is 4.79 Å². The topological polar surface area (TPSA) is 59.3 Å². The number of benzene rings is 3. The van der Waals surface area contributed by atoms with Crippen LogP contribution in [0.2, 0.25) is 0 Å². The normalized spacial score (nSPS) is 12.0. The molecule has 0 radical (unpaired) electrons. The number of hydrogen-bond donors (Lipinski definition) is 0. The number of ketones is 1. The number of hydrogen-bond acceptors (Lipinski definition) is 5. The number of rotatable bonds is 6. The molecule has 0 amide bonds. The van der Waals surface area contributed by atoms with E-state index in [2.05, 4.69) is 12.1 Å². The van der Waals surface area contributed by atoms with Gasteiger partial charge in [0, 0.05) is 27.3 Å². The van der Waals surface area contributed by atoms with Crippen LogP contribution in [0.3, 0.4) is 0 Å². The van der Waals surface area contributed by atoms with Crippen molar-refractivity contribution in [3.05, 3.63) is 82.9 Å². The number of nitriles is 1. The third-order valence-corrected chi connectivity index (χ3v) is 5.85. The second-order valence-electron chi connectivity index (χ2n) is 6.71. The first-order chi connectivity index (χ1) is 14.2. The summed E-state index contributed by atoms with van der Waals surface area (Å²) in [6.45, 7) is 2.53. The van der Waals surface area contributed by atoms with Crippen molar-refractivity contribution in [1.29, 1.82) is 5.26 Å². The minimum absolute atomic E-state index is 0.00366. The highest BCUT2D eigenvalue weighted by atomic mass is 32.2. The van der Waals surface area contributed by atoms with Crippen LogP contribution in [0, 0.1) is 11.3 Å². The lowest BCUT2D eigenvalue weighted by molar-refractivity contribution is 0.101. The van der Waals surface area contributed by atoms with Gasteiger partial charge in [-0.3, -0.25) is 4.79 Å². The first-order valence-electron chi connectivity index (χ1n) is 9.34. The van der Waals surface area contributed by atoms with Gasteiger partial charge in [0.05, 0.1) is 23.8 Å². The molecule has 0 N–H and O–H groups in total. The van der Waals surface area contributed by atoms with Gasteiger partial charge in [-0.1, -0.05) is 36.0 Å². The molecule has 3 aromatic rings. The summed E-state index contributed by atoms with van der Waals surface area (Å²) in [7, 11) is 0. The average molecular weight is 401 g/mol. The Morgan fingerprint density at radius 2 is 2.03 bits per heavy atom. The number of ether oxygens (including phenoxy) is 2. The van der Waals surface area contributed by atoms with Crippen LogP contribution in [0.15, 0.2) is 70.5 Å². The molecule has 0 saturated carbocycles. The lowest BCUT2D eigenvalue weighted by Crippen LogP contribution is -2.01. The number of Topliss-reactive ketones (excluding diaryl/α,β-unsaturated/α-hetero) is 1. The molecule has 1 aliphatic rings. The van der Waals surface area contributed by atoms with Crippen LogP contribution in [0.1, 0.15) is 34.0 Å². The molecule has 0 saturated heterocycles. The molecule has 3 aromatic carbocycles. The minimum atomic E-state index is -0.00366. The fourth-order valence-corrected chi connectivity index (χ4v) is 4.30. The zero-order valence-corrected chi connectivity index (χ0v) is 16.8. The van der Waals surface area contributed by atoms with Crippen molar-refractivity contribution in [2.24, 2.45) is 0 Å². The van der Waals surface area contributed by atoms with Crippen molar-refractivity contribution in [3.63, 3.8) is 0 Å². The Morgan fingerprint density at radius 1 is 1.17 bits per heavy atom. The van der Waals surface area contributed by atoms with Gasteiger partial charge in [0.15, 0.2) is 5.78 Å². The maximum Gasteiger partial charge on any atom is 0.163 e. The predicted octanol–water partition coefficient (Wildman–Crippen LogP) is 5.43. The van der Waals surface area contributed by atoms with Crippen molar-refractivity contribution in [2.75, 3.05) is 6.61 Å². The summed E-state index contributed by atoms with van der Waals surface area (Å²) in [6, 6.07) is 21.4. The fraction of sp³-hybridized carbons (Fsp3) is 0.167. The third kappa shape index (κ3) is 4.13. The average Bonchev–Trinajstić information content (AvgIpc) is 3.23. The van der Waals surface area contributed by atoms with E-state index in [1.165, 1.54) is 0 Å². The lowest BCUT2D eigenvalue weighted by atomic mass is 10.0. The van der Waals surface area contributed by atoms with Gasteiger partial charge < -0.3 is 9.47 Å². The SMILES string of the molecule is CC(=O)c1ccc(OCc2ccccc2Sc2cccc(C#N)c2)c2c1OCC2. The molecule has 5 heteroatoms. The second kappa shape index (κ2) is 8.42. The number of carbonyl (C=O) groups excluding carboxylic acids is 1. The zero-order chi connectivity index (χ0) is 20.2. The molecule has 0 bridgehead atoms. The highest BCUT2D eigenvalue weighted by Gasteiger charge is 2.23. The van der Waals surface area contributed by atoms with Crippen LogP contribution in [0.5, 0.6) is 11.5 Å². The minimum Gasteiger partial charge on any atom is -0.492 e. The molecule has 4 rings (SSSR count). The summed E-state index contributed by atoms with van der Waals surface area (Å²) < 4.78 is 11.8. The smallest absolute Gasteiger partial charge is 0.163 e. The van der Waals surface area contributed by atoms with E-state index in [1.807, 2.05) is 42.5 Å². The summed E-state index contributed by atoms with van der Waals surface area (Å²) in [6.07, 6.45) is 0.739. The molecule has 144 valence electrons. The number of carbonyl (C=O) groups is 1. The highest BCUT2D eigenvalue weighted by molar-refractivity contribution is 7.99. The summed E-state index contributed by atoms with van der Waals surface area (Å²) >= 11 is 1.61. The summed E-state index contributed by atoms with van der Waals surface area (Å²) in [5.41, 5.74) is 3.27. The van der Waals surface area contributed by atoms with Gasteiger partial charge in [-0.05, 0) is 43.3 Å². The second-order valence-corrected chi connectivity index (χ2v) is 7.83. The molecule has 0 atom stereocenters. The Labute approximate surface area is 174 Å². The van der Waals surface area contributed by atoms with Gasteiger partial charge in [-0.25, -0.2) is 0 Å². The maximum absolute atomic E-state index is 11.8. The first-order valence-corrected chi connectivity index (χ1v) is 10.2. The molecule has 0 spiro atoms. The van der Waals surface area contributed by atoms with E-state index in [4.69, 9.17) is 14.7 Å². The molecule has 0 aromatic heterocycles. The Balaban J connectivity index is 1.55. The quantitative estimate of drug-likeness (QED) is 0.516. The van der Waals surface area contributed by atoms with Crippen LogP contribution in [-0.2, 0) is 13.0 Å². The summed E-state index contributed by atoms with van der Waals surface area (Å²) in [5.74, 6) is 1.41. The van der Waals surface area contributed by atoms with Crippen molar-refractivity contribution in [1.82, 2.24) is 0 Å². The Bertz CT molecular complexity index is 1120. The summed E-state index contributed by atoms with van der Waals surface area (Å²) in [5, 5.41) is 9.11. The van der Waals surface area contributed by atoms with Gasteiger partial charge in [-0.15, -0.1) is 0 Å². The first kappa shape index (κ1) is 19.1. The van der Waals surface area contributed by atoms with Gasteiger partial charge in [0.25, 0.3) is 0 Å². The van der Waals surface area contributed by atoms with Crippen LogP contribution in [0.4, 0.5) is 0 Å². The lowest BCUT2D eigenvalue weighted by Gasteiger charge is -2.14. The third-order valence-electron chi connectivity index (χ3n) is 4.74. The Morgan fingerprint density at radius 3 is 2.86 bits per heavy atom. The molecular formula is C24H19NO3S. The molecular weight excluding hydrogens is 382 g/mol. The van der Waals surface area contributed by atoms with Crippen molar-refractivity contribution < 1.29 is 14.3 Å². The van der Waals surface area contributed by atoms with Crippen LogP contribution in [0.25, 0.3) is 0 Å². The number of fused-ring (bicyclic) bond motifs is 1. The van der Waals surface area contributed by atoms with E-state index in [0.29, 0.717) is 30.1 Å². The predicted molar refractivity (Wildman–Crippen MR) is 112 cm³/mol. The van der Waals surface area contributed by atoms with Gasteiger partial charge in [0.1, 0.15) is 18.1 Å². The van der Waals surface area contributed by atoms with E-state index in [0.717, 1.165) is 33.1 Å². The zero-order valence-electron chi connectivity index (χ0n) is 16.0. The Hall–Kier alpha value is -3.23. The molecule has 0 fully saturated rings. The standard InChI is InChI=1S/C24H19NO3S/c1-16(26)20-9-10-22(21-11-12-27-24(20)21)28-15-18-6-2-3-8-23(18)29-19-7-4-5-17(13-19)14-25/h2-10,13H,11-12,15H2,1H3. The number of nitrogens with zero attached hydrogens (tertiary/aromatic N) is 1. The molecule has 0 aliphatic carbocycles. The summed E-state index contributed by atoms with van der Waals surface area (Å²) in [4.78, 5) is 13.9. The van der Waals surface area contributed by atoms with Crippen molar-refractivity contribution in [3.8, 4) is 17.6 Å². The van der Waals surface area contributed by atoms with Gasteiger partial charge in [-0.2, -0.15) is 5.26 Å². The largest absolute Gasteiger partial charge is 0.492 e. The molecule has 1 heterocycles. The molecule has 1 aliphatic heterocycles. The van der Waals surface area contributed by atoms with E-state index in [-0.39, 0.29) is 5.78 Å².